The number of ether oxygens (including phenoxy) is 8. The summed E-state index contributed by atoms with van der Waals surface area (Å²) in [5.74, 6) is 17.6. The number of rotatable bonds is 0. The van der Waals surface area contributed by atoms with Crippen LogP contribution in [0.25, 0.3) is 0 Å². The van der Waals surface area contributed by atoms with Gasteiger partial charge in [-0.2, -0.15) is 0 Å². The van der Waals surface area contributed by atoms with Crippen molar-refractivity contribution in [3.63, 3.8) is 0 Å². The third kappa shape index (κ3) is 14.8. The first-order valence-electron chi connectivity index (χ1n) is 52.3. The molecule has 12 nitrogen and oxygen atoms in total. The Bertz CT molecular complexity index is 3650. The minimum Gasteiger partial charge on any atom is -0.347 e. The van der Waals surface area contributed by atoms with Crippen LogP contribution in [0.15, 0.2) is 0 Å². The summed E-state index contributed by atoms with van der Waals surface area (Å²) in [6, 6.07) is 0. The average Bonchev–Trinajstić information content (AvgIpc) is 1.53. The maximum atomic E-state index is 12.4. The third-order valence-electron chi connectivity index (χ3n) is 46.5. The molecule has 4 aliphatic heterocycles. The highest BCUT2D eigenvalue weighted by Crippen LogP contribution is 2.76. The molecule has 0 aromatic carbocycles. The van der Waals surface area contributed by atoms with Crippen LogP contribution in [-0.4, -0.2) is 99.1 Å². The topological polar surface area (TPSA) is 142 Å². The average molecular weight is 1730 g/mol. The zero-order valence-electron chi connectivity index (χ0n) is 77.2. The second-order valence-corrected chi connectivity index (χ2v) is 49.6. The van der Waals surface area contributed by atoms with Crippen molar-refractivity contribution in [2.45, 2.75) is 457 Å². The Morgan fingerprint density at radius 2 is 0.492 bits per heavy atom. The Morgan fingerprint density at radius 3 is 0.863 bits per heavy atom. The van der Waals surface area contributed by atoms with Crippen LogP contribution in [0.4, 0.5) is 0 Å². The Hall–Kier alpha value is -1.64. The van der Waals surface area contributed by atoms with Gasteiger partial charge in [0.25, 0.3) is 0 Å². The first-order chi connectivity index (χ1) is 57.1. The summed E-state index contributed by atoms with van der Waals surface area (Å²) in [5.41, 5.74) is 3.38. The van der Waals surface area contributed by atoms with Crippen LogP contribution in [0.1, 0.15) is 434 Å². The quantitative estimate of drug-likeness (QED) is 0.228. The predicted octanol–water partition coefficient (Wildman–Crippen LogP) is 27.9. The van der Waals surface area contributed by atoms with Crippen LogP contribution in [0.5, 0.6) is 0 Å². The Labute approximate surface area is 758 Å². The van der Waals surface area contributed by atoms with Gasteiger partial charge < -0.3 is 37.9 Å². The van der Waals surface area contributed by atoms with Crippen LogP contribution < -0.4 is 0 Å². The molecule has 4 spiro atoms. The fourth-order valence-corrected chi connectivity index (χ4v) is 39.9. The van der Waals surface area contributed by atoms with E-state index in [4.69, 9.17) is 37.9 Å². The Kier molecular flexibility index (Phi) is 28.0. The van der Waals surface area contributed by atoms with Gasteiger partial charge in [-0.3, -0.25) is 19.2 Å². The van der Waals surface area contributed by atoms with E-state index in [9.17, 15) is 19.2 Å². The van der Waals surface area contributed by atoms with E-state index < -0.39 is 0 Å². The van der Waals surface area contributed by atoms with Gasteiger partial charge >= 0.3 is 0 Å². The van der Waals surface area contributed by atoms with E-state index in [2.05, 4.69) is 69.2 Å². The lowest BCUT2D eigenvalue weighted by Crippen LogP contribution is -2.56. The highest BCUT2D eigenvalue weighted by molar-refractivity contribution is 5.87. The summed E-state index contributed by atoms with van der Waals surface area (Å²) in [7, 11) is 0. The smallest absolute Gasteiger partial charge is 0.174 e. The summed E-state index contributed by atoms with van der Waals surface area (Å²) in [4.78, 5) is 48.7. The molecule has 0 N–H and O–H groups in total. The van der Waals surface area contributed by atoms with Crippen molar-refractivity contribution in [1.82, 2.24) is 0 Å². The Balaban J connectivity index is 0.000000119. The molecule has 4 unspecified atom stereocenters. The number of fused-ring (bicyclic) bond motifs is 29. The van der Waals surface area contributed by atoms with Crippen LogP contribution in [0.2, 0.25) is 0 Å². The van der Waals surface area contributed by atoms with E-state index in [0.717, 1.165) is 256 Å². The van der Waals surface area contributed by atoms with Gasteiger partial charge in [0, 0.05) is 97.7 Å². The van der Waals surface area contributed by atoms with Crippen LogP contribution in [0.3, 0.4) is 0 Å². The highest BCUT2D eigenvalue weighted by Gasteiger charge is 2.73. The van der Waals surface area contributed by atoms with Crippen molar-refractivity contribution in [1.29, 1.82) is 0 Å². The molecule has 708 valence electrons. The zero-order valence-corrected chi connectivity index (χ0v) is 77.2. The summed E-state index contributed by atoms with van der Waals surface area (Å²) in [6.45, 7) is 31.5. The standard InChI is InChI=1S/2C22H34O3.C22H36O2.C21H32O3.C20H32O.5CH4/c1-20-10-7-16(23)5-3-15(20)4-6-17-18(20)8-11-21(2)19(17)9-12-22(21)24-13-14-25-22;1-20-9-3-4-16(23)14-15(20)5-6-17-18(20)7-10-21(2)19(17)8-11-22(21)24-12-13-25-22;1-20-11-5-3-4-6-16(20)7-8-17-18(20)9-12-21(2)19(17)10-13-22(21)23-14-15-24-22;1-19-8-5-15(22)13-14(19)3-4-16-17(19)6-9-20(2)18(16)7-10-21(20)23-11-12-24-21;1-19-12-5-3-4-6-14(19)7-8-15-16-9-10-18(21)20(16,2)13-11-17(15)19;;;;;/h2*15,17-19H,3-14H2,1-2H3;16-19H,3-15H2,1-2H3;14,16-18H,3-13H2,1-2H3;14-17H,3-13H2,1-2H3;5*1H4/t15-,17-,18?,19+,20+,21+;15-,17+,18?,19-,20-,21-;16-,17-,18?,19+,20+,21+;14-,16+,17-,18-,19-,20-;14-,15+,16+,17?,19+,20+;;;;;/m10101...../s1. The summed E-state index contributed by atoms with van der Waals surface area (Å²) >= 11 is 0. The molecule has 0 bridgehead atoms. The molecule has 12 heteroatoms. The van der Waals surface area contributed by atoms with Gasteiger partial charge in [-0.1, -0.05) is 145 Å². The molecule has 20 saturated carbocycles. The van der Waals surface area contributed by atoms with Gasteiger partial charge in [0.1, 0.15) is 23.1 Å². The molecular formula is C112H188O12. The number of carbonyl (C=O) groups is 4. The maximum absolute atomic E-state index is 12.4. The van der Waals surface area contributed by atoms with E-state index in [0.29, 0.717) is 62.0 Å². The third-order valence-corrected chi connectivity index (χ3v) is 46.5. The lowest BCUT2D eigenvalue weighted by atomic mass is 9.45. The number of carbonyl (C=O) groups excluding carboxylic acids is 4. The number of hydrogen-bond donors (Lipinski definition) is 0. The van der Waals surface area contributed by atoms with E-state index in [1.54, 1.807) is 0 Å². The SMILES string of the molecule is C.C.C.C.C.C[C@]12CCC(=O)C[C@@H]1CC[C@@H]1[C@@H]2CC[C@@]2(C)[C@H]1CCC21OCCO1.C[C@]12CCC3[C@@H](CC[C@H]4CC(=O)CCC[C@]34C)[C@@H]1CCC21OCCO1.C[C@]12CCC3[C@@H](CC[C@H]4CCC(=O)CC[C@]34C)[C@@H]1CCC21OCCO1.C[C@]12CCC3[C@@H](CC[C@H]4CCCCC[C@]34C)[C@@H]1CCC21OCCO1.C[C@]12CCC3[C@@H](CC[C@H]4CCCCC[C@]34C)[C@@H]1CCC2=O. The number of hydrogen-bond acceptors (Lipinski definition) is 12. The molecule has 24 aliphatic rings. The maximum Gasteiger partial charge on any atom is 0.174 e. The van der Waals surface area contributed by atoms with E-state index >= 15 is 0 Å². The first-order valence-corrected chi connectivity index (χ1v) is 52.3. The normalized spacial score (nSPS) is 50.4. The molecule has 30 atom stereocenters. The van der Waals surface area contributed by atoms with Crippen molar-refractivity contribution in [3.8, 4) is 0 Å². The van der Waals surface area contributed by atoms with Gasteiger partial charge in [0.15, 0.2) is 23.1 Å². The molecule has 124 heavy (non-hydrogen) atoms. The molecule has 20 aliphatic carbocycles. The van der Waals surface area contributed by atoms with Gasteiger partial charge in [-0.15, -0.1) is 0 Å². The fourth-order valence-electron chi connectivity index (χ4n) is 39.9. The fraction of sp³-hybridized carbons (Fsp3) is 0.964. The predicted molar refractivity (Wildman–Crippen MR) is 499 cm³/mol. The highest BCUT2D eigenvalue weighted by atomic mass is 16.8. The molecule has 24 fully saturated rings. The van der Waals surface area contributed by atoms with Crippen molar-refractivity contribution < 1.29 is 57.1 Å². The largest absolute Gasteiger partial charge is 0.347 e. The van der Waals surface area contributed by atoms with Crippen molar-refractivity contribution in [2.24, 2.45) is 173 Å². The van der Waals surface area contributed by atoms with Gasteiger partial charge in [-0.05, 0) is 364 Å². The molecule has 4 saturated heterocycles. The number of Topliss-reactive ketones (excluding diaryl/α,β-unsaturated/α-hetero) is 4. The molecule has 0 amide bonds. The van der Waals surface area contributed by atoms with E-state index in [1.807, 2.05) is 0 Å². The molecule has 24 rings (SSSR count). The van der Waals surface area contributed by atoms with Gasteiger partial charge in [0.05, 0.1) is 52.9 Å². The molecular weight excluding hydrogens is 1540 g/mol. The molecule has 0 aromatic rings. The first kappa shape index (κ1) is 96.9. The summed E-state index contributed by atoms with van der Waals surface area (Å²) in [5, 5.41) is 0. The zero-order chi connectivity index (χ0) is 82.2. The minimum absolute atomic E-state index is 0. The molecule has 0 aromatic heterocycles. The lowest BCUT2D eigenvalue weighted by Gasteiger charge is -2.60. The van der Waals surface area contributed by atoms with Gasteiger partial charge in [0.2, 0.25) is 0 Å². The molecule has 4 heterocycles. The monoisotopic (exact) mass is 1730 g/mol. The van der Waals surface area contributed by atoms with Crippen molar-refractivity contribution in [3.05, 3.63) is 0 Å². The molecule has 0 radical (unpaired) electrons. The number of ketones is 4. The summed E-state index contributed by atoms with van der Waals surface area (Å²) < 4.78 is 50.0. The van der Waals surface area contributed by atoms with E-state index in [1.165, 1.54) is 231 Å². The van der Waals surface area contributed by atoms with Crippen LogP contribution in [0, 0.1) is 173 Å². The second-order valence-electron chi connectivity index (χ2n) is 49.6. The minimum atomic E-state index is -0.278. The Morgan fingerprint density at radius 1 is 0.210 bits per heavy atom. The van der Waals surface area contributed by atoms with Crippen LogP contribution in [-0.2, 0) is 57.1 Å². The second kappa shape index (κ2) is 35.9. The van der Waals surface area contributed by atoms with Crippen molar-refractivity contribution in [2.75, 3.05) is 52.9 Å². The summed E-state index contributed by atoms with van der Waals surface area (Å²) in [6.07, 6.45) is 64.1. The lowest BCUT2D eigenvalue weighted by molar-refractivity contribution is -0.247. The van der Waals surface area contributed by atoms with Gasteiger partial charge in [-0.25, -0.2) is 0 Å². The van der Waals surface area contributed by atoms with E-state index in [-0.39, 0.29) is 87.4 Å². The van der Waals surface area contributed by atoms with Crippen molar-refractivity contribution >= 4 is 23.1 Å². The van der Waals surface area contributed by atoms with Crippen LogP contribution >= 0.6 is 0 Å².